The number of hydrogen-bond acceptors (Lipinski definition) is 4. The highest BCUT2D eigenvalue weighted by Crippen LogP contribution is 2.31. The summed E-state index contributed by atoms with van der Waals surface area (Å²) in [7, 11) is 3.18. The van der Waals surface area contributed by atoms with Crippen molar-refractivity contribution < 1.29 is 14.3 Å². The summed E-state index contributed by atoms with van der Waals surface area (Å²) < 4.78 is 10.5. The third-order valence-electron chi connectivity index (χ3n) is 2.73. The van der Waals surface area contributed by atoms with Gasteiger partial charge in [0.25, 0.3) is 0 Å². The molecule has 0 radical (unpaired) electrons. The molecule has 1 aromatic heterocycles. The highest BCUT2D eigenvalue weighted by Gasteiger charge is 2.08. The van der Waals surface area contributed by atoms with E-state index in [0.717, 1.165) is 11.3 Å². The second-order valence-corrected chi connectivity index (χ2v) is 4.16. The minimum atomic E-state index is -0.151. The predicted molar refractivity (Wildman–Crippen MR) is 77.1 cm³/mol. The fourth-order valence-corrected chi connectivity index (χ4v) is 1.84. The first-order valence-electron chi connectivity index (χ1n) is 6.11. The lowest BCUT2D eigenvalue weighted by molar-refractivity contribution is -0.114. The van der Waals surface area contributed by atoms with E-state index in [2.05, 4.69) is 10.3 Å². The van der Waals surface area contributed by atoms with E-state index in [1.165, 1.54) is 6.92 Å². The predicted octanol–water partition coefficient (Wildman–Crippen LogP) is 2.72. The Morgan fingerprint density at radius 2 is 1.85 bits per heavy atom. The molecular weight excluding hydrogens is 256 g/mol. The number of methoxy groups -OCH3 is 2. The van der Waals surface area contributed by atoms with Gasteiger partial charge in [0.15, 0.2) is 11.5 Å². The van der Waals surface area contributed by atoms with Crippen LogP contribution in [0.25, 0.3) is 11.3 Å². The van der Waals surface area contributed by atoms with Crippen LogP contribution in [-0.4, -0.2) is 25.1 Å². The number of hydrogen-bond donors (Lipinski definition) is 1. The second-order valence-electron chi connectivity index (χ2n) is 4.16. The first-order valence-corrected chi connectivity index (χ1v) is 6.11. The summed E-state index contributed by atoms with van der Waals surface area (Å²) in [5, 5.41) is 2.66. The largest absolute Gasteiger partial charge is 0.493 e. The number of ether oxygens (including phenoxy) is 2. The Kier molecular flexibility index (Phi) is 4.20. The van der Waals surface area contributed by atoms with Gasteiger partial charge in [-0.1, -0.05) is 6.07 Å². The maximum atomic E-state index is 11.1. The Morgan fingerprint density at radius 1 is 1.10 bits per heavy atom. The van der Waals surface area contributed by atoms with E-state index in [-0.39, 0.29) is 5.91 Å². The molecule has 1 N–H and O–H groups in total. The van der Waals surface area contributed by atoms with Gasteiger partial charge in [-0.2, -0.15) is 0 Å². The molecule has 0 spiro atoms. The van der Waals surface area contributed by atoms with Crippen molar-refractivity contribution >= 4 is 11.7 Å². The molecule has 5 nitrogen and oxygen atoms in total. The molecule has 104 valence electrons. The fraction of sp³-hybridized carbons (Fsp3) is 0.200. The Hall–Kier alpha value is -2.56. The number of carbonyl (C=O) groups excluding carboxylic acids is 1. The highest BCUT2D eigenvalue weighted by atomic mass is 16.5. The second kappa shape index (κ2) is 6.06. The van der Waals surface area contributed by atoms with Gasteiger partial charge in [-0.25, -0.2) is 4.98 Å². The van der Waals surface area contributed by atoms with Crippen LogP contribution in [0, 0.1) is 0 Å². The molecule has 1 aromatic carbocycles. The number of carbonyl (C=O) groups is 1. The quantitative estimate of drug-likeness (QED) is 0.929. The summed E-state index contributed by atoms with van der Waals surface area (Å²) in [5.74, 6) is 1.66. The van der Waals surface area contributed by atoms with E-state index in [1.54, 1.807) is 20.3 Å². The van der Waals surface area contributed by atoms with Gasteiger partial charge >= 0.3 is 0 Å². The summed E-state index contributed by atoms with van der Waals surface area (Å²) >= 11 is 0. The Morgan fingerprint density at radius 3 is 2.50 bits per heavy atom. The summed E-state index contributed by atoms with van der Waals surface area (Å²) in [6, 6.07) is 11.0. The number of nitrogens with zero attached hydrogens (tertiary/aromatic N) is 1. The molecule has 5 heteroatoms. The standard InChI is InChI=1S/C15H16N2O3/c1-10(18)16-15-6-4-5-12(17-15)11-7-8-13(19-2)14(9-11)20-3/h4-9H,1-3H3,(H,16,17,18). The molecule has 0 aliphatic rings. The number of aromatic nitrogens is 1. The van der Waals surface area contributed by atoms with Gasteiger partial charge in [0.05, 0.1) is 19.9 Å². The summed E-state index contributed by atoms with van der Waals surface area (Å²) in [6.45, 7) is 1.45. The maximum absolute atomic E-state index is 11.1. The highest BCUT2D eigenvalue weighted by molar-refractivity contribution is 5.87. The summed E-state index contributed by atoms with van der Waals surface area (Å²) in [4.78, 5) is 15.4. The molecule has 0 bridgehead atoms. The molecular formula is C15H16N2O3. The Labute approximate surface area is 117 Å². The number of benzene rings is 1. The zero-order chi connectivity index (χ0) is 14.5. The van der Waals surface area contributed by atoms with Gasteiger partial charge in [-0.15, -0.1) is 0 Å². The van der Waals surface area contributed by atoms with E-state index in [0.29, 0.717) is 17.3 Å². The molecule has 0 fully saturated rings. The average molecular weight is 272 g/mol. The van der Waals surface area contributed by atoms with Gasteiger partial charge in [-0.3, -0.25) is 4.79 Å². The van der Waals surface area contributed by atoms with Crippen LogP contribution in [0.5, 0.6) is 11.5 Å². The molecule has 2 aromatic rings. The molecule has 0 aliphatic heterocycles. The maximum Gasteiger partial charge on any atom is 0.222 e. The summed E-state index contributed by atoms with van der Waals surface area (Å²) in [5.41, 5.74) is 1.63. The third kappa shape index (κ3) is 3.06. The van der Waals surface area contributed by atoms with Crippen LogP contribution < -0.4 is 14.8 Å². The first-order chi connectivity index (χ1) is 9.63. The molecule has 2 rings (SSSR count). The minimum Gasteiger partial charge on any atom is -0.493 e. The van der Waals surface area contributed by atoms with Gasteiger partial charge in [0.2, 0.25) is 5.91 Å². The van der Waals surface area contributed by atoms with Crippen molar-refractivity contribution in [3.63, 3.8) is 0 Å². The molecule has 0 atom stereocenters. The third-order valence-corrected chi connectivity index (χ3v) is 2.73. The van der Waals surface area contributed by atoms with Crippen molar-refractivity contribution in [2.75, 3.05) is 19.5 Å². The Balaban J connectivity index is 2.38. The molecule has 1 amide bonds. The molecule has 0 aliphatic carbocycles. The van der Waals surface area contributed by atoms with E-state index in [9.17, 15) is 4.79 Å². The minimum absolute atomic E-state index is 0.151. The van der Waals surface area contributed by atoms with Crippen LogP contribution in [0.3, 0.4) is 0 Å². The van der Waals surface area contributed by atoms with Crippen molar-refractivity contribution in [3.05, 3.63) is 36.4 Å². The number of pyridine rings is 1. The SMILES string of the molecule is COc1ccc(-c2cccc(NC(C)=O)n2)cc1OC. The van der Waals surface area contributed by atoms with Crippen molar-refractivity contribution in [3.8, 4) is 22.8 Å². The van der Waals surface area contributed by atoms with Crippen LogP contribution >= 0.6 is 0 Å². The van der Waals surface area contributed by atoms with E-state index >= 15 is 0 Å². The van der Waals surface area contributed by atoms with Crippen LogP contribution in [0.2, 0.25) is 0 Å². The zero-order valence-electron chi connectivity index (χ0n) is 11.6. The number of rotatable bonds is 4. The lowest BCUT2D eigenvalue weighted by Crippen LogP contribution is -2.07. The van der Waals surface area contributed by atoms with Crippen molar-refractivity contribution in [1.82, 2.24) is 4.98 Å². The van der Waals surface area contributed by atoms with Crippen LogP contribution in [0.15, 0.2) is 36.4 Å². The molecule has 0 saturated carbocycles. The van der Waals surface area contributed by atoms with E-state index in [4.69, 9.17) is 9.47 Å². The zero-order valence-corrected chi connectivity index (χ0v) is 11.6. The van der Waals surface area contributed by atoms with E-state index in [1.807, 2.05) is 30.3 Å². The van der Waals surface area contributed by atoms with Crippen LogP contribution in [0.1, 0.15) is 6.92 Å². The number of amides is 1. The topological polar surface area (TPSA) is 60.5 Å². The van der Waals surface area contributed by atoms with Gasteiger partial charge in [0, 0.05) is 12.5 Å². The van der Waals surface area contributed by atoms with Gasteiger partial charge < -0.3 is 14.8 Å². The first kappa shape index (κ1) is 13.9. The lowest BCUT2D eigenvalue weighted by atomic mass is 10.1. The van der Waals surface area contributed by atoms with Crippen LogP contribution in [-0.2, 0) is 4.79 Å². The van der Waals surface area contributed by atoms with Crippen LogP contribution in [0.4, 0.5) is 5.82 Å². The van der Waals surface area contributed by atoms with Crippen molar-refractivity contribution in [1.29, 1.82) is 0 Å². The molecule has 1 heterocycles. The molecule has 0 saturated heterocycles. The Bertz CT molecular complexity index is 626. The fourth-order valence-electron chi connectivity index (χ4n) is 1.84. The lowest BCUT2D eigenvalue weighted by Gasteiger charge is -2.10. The van der Waals surface area contributed by atoms with Crippen molar-refractivity contribution in [2.24, 2.45) is 0 Å². The van der Waals surface area contributed by atoms with E-state index < -0.39 is 0 Å². The monoisotopic (exact) mass is 272 g/mol. The van der Waals surface area contributed by atoms with Crippen molar-refractivity contribution in [2.45, 2.75) is 6.92 Å². The van der Waals surface area contributed by atoms with Gasteiger partial charge in [-0.05, 0) is 30.3 Å². The average Bonchev–Trinajstić information content (AvgIpc) is 2.46. The molecule has 0 unspecified atom stereocenters. The normalized spacial score (nSPS) is 9.95. The summed E-state index contributed by atoms with van der Waals surface area (Å²) in [6.07, 6.45) is 0. The number of anilines is 1. The number of nitrogens with one attached hydrogen (secondary N) is 1. The molecule has 20 heavy (non-hydrogen) atoms. The van der Waals surface area contributed by atoms with Gasteiger partial charge in [0.1, 0.15) is 5.82 Å². The smallest absolute Gasteiger partial charge is 0.222 e.